The van der Waals surface area contributed by atoms with E-state index in [1.165, 1.54) is 50.3 Å². The molecule has 4 bridgehead atoms. The highest BCUT2D eigenvalue weighted by Gasteiger charge is 2.54. The number of nitrogens with one attached hydrogen (secondary N) is 1. The summed E-state index contributed by atoms with van der Waals surface area (Å²) >= 11 is 1.27. The molecule has 0 radical (unpaired) electrons. The van der Waals surface area contributed by atoms with E-state index in [9.17, 15) is 10.1 Å². The summed E-state index contributed by atoms with van der Waals surface area (Å²) in [4.78, 5) is 12.3. The number of rotatable bonds is 6. The van der Waals surface area contributed by atoms with E-state index in [-0.39, 0.29) is 23.0 Å². The van der Waals surface area contributed by atoms with E-state index in [0.717, 1.165) is 36.5 Å². The van der Waals surface area contributed by atoms with Gasteiger partial charge in [0, 0.05) is 5.41 Å². The summed E-state index contributed by atoms with van der Waals surface area (Å²) in [5, 5.41) is 21.3. The number of nitriles is 1. The molecule has 7 heteroatoms. The molecule has 27 heavy (non-hydrogen) atoms. The largest absolute Gasteiger partial charge is 0.415 e. The molecule has 5 aliphatic carbocycles. The Bertz CT molecular complexity index is 761. The minimum Gasteiger partial charge on any atom is -0.415 e. The first-order valence-corrected chi connectivity index (χ1v) is 11.2. The summed E-state index contributed by atoms with van der Waals surface area (Å²) in [6.45, 7) is 1.81. The van der Waals surface area contributed by atoms with Gasteiger partial charge in [0.1, 0.15) is 5.54 Å². The Morgan fingerprint density at radius 3 is 2.44 bits per heavy atom. The Hall–Kier alpha value is -1.55. The number of hydrogen-bond donors (Lipinski definition) is 1. The molecule has 5 fully saturated rings. The Labute approximate surface area is 163 Å². The van der Waals surface area contributed by atoms with Crippen molar-refractivity contribution >= 4 is 17.7 Å². The van der Waals surface area contributed by atoms with Crippen LogP contribution in [-0.4, -0.2) is 27.4 Å². The van der Waals surface area contributed by atoms with Crippen molar-refractivity contribution < 1.29 is 9.21 Å². The smallest absolute Gasteiger partial charge is 0.277 e. The third-order valence-corrected chi connectivity index (χ3v) is 8.07. The van der Waals surface area contributed by atoms with Crippen LogP contribution in [0.5, 0.6) is 0 Å². The molecule has 5 saturated carbocycles. The Morgan fingerprint density at radius 2 is 1.89 bits per heavy atom. The summed E-state index contributed by atoms with van der Waals surface area (Å²) in [5.41, 5.74) is -0.662. The highest BCUT2D eigenvalue weighted by molar-refractivity contribution is 7.99. The maximum absolute atomic E-state index is 12.3. The van der Waals surface area contributed by atoms with Crippen molar-refractivity contribution in [3.05, 3.63) is 5.89 Å². The van der Waals surface area contributed by atoms with Crippen LogP contribution in [0.25, 0.3) is 0 Å². The minimum absolute atomic E-state index is 0.0914. The van der Waals surface area contributed by atoms with Gasteiger partial charge in [-0.1, -0.05) is 11.8 Å². The summed E-state index contributed by atoms with van der Waals surface area (Å²) in [5.74, 6) is 3.62. The van der Waals surface area contributed by atoms with Crippen molar-refractivity contribution in [2.45, 2.75) is 74.5 Å². The van der Waals surface area contributed by atoms with Crippen molar-refractivity contribution in [3.8, 4) is 6.07 Å². The first-order valence-electron chi connectivity index (χ1n) is 10.2. The monoisotopic (exact) mass is 386 g/mol. The summed E-state index contributed by atoms with van der Waals surface area (Å²) in [6, 6.07) is 2.26. The van der Waals surface area contributed by atoms with E-state index in [2.05, 4.69) is 21.6 Å². The quantitative estimate of drug-likeness (QED) is 0.753. The van der Waals surface area contributed by atoms with E-state index in [1.807, 2.05) is 6.92 Å². The molecule has 0 aromatic carbocycles. The van der Waals surface area contributed by atoms with Gasteiger partial charge >= 0.3 is 0 Å². The topological polar surface area (TPSA) is 91.8 Å². The van der Waals surface area contributed by atoms with Gasteiger partial charge in [-0.15, -0.1) is 10.2 Å². The molecule has 6 nitrogen and oxygen atoms in total. The molecule has 0 aliphatic heterocycles. The maximum Gasteiger partial charge on any atom is 0.277 e. The summed E-state index contributed by atoms with van der Waals surface area (Å²) < 4.78 is 6.03. The number of thioether (sulfide) groups is 1. The molecule has 1 N–H and O–H groups in total. The molecule has 1 aromatic heterocycles. The zero-order valence-corrected chi connectivity index (χ0v) is 16.6. The van der Waals surface area contributed by atoms with Crippen LogP contribution >= 0.6 is 11.8 Å². The third kappa shape index (κ3) is 3.16. The minimum atomic E-state index is -0.753. The van der Waals surface area contributed by atoms with Gasteiger partial charge in [-0.05, 0) is 82.0 Å². The van der Waals surface area contributed by atoms with Crippen LogP contribution in [0.3, 0.4) is 0 Å². The molecule has 0 spiro atoms. The second-order valence-electron chi connectivity index (χ2n) is 9.50. The Balaban J connectivity index is 1.22. The molecule has 144 valence electrons. The van der Waals surface area contributed by atoms with Crippen LogP contribution in [0.2, 0.25) is 0 Å². The Morgan fingerprint density at radius 1 is 1.26 bits per heavy atom. The molecule has 1 amide bonds. The highest BCUT2D eigenvalue weighted by Crippen LogP contribution is 2.60. The van der Waals surface area contributed by atoms with E-state index in [0.29, 0.717) is 5.22 Å². The molecular weight excluding hydrogens is 360 g/mol. The van der Waals surface area contributed by atoms with Crippen LogP contribution in [0.4, 0.5) is 0 Å². The SMILES string of the molecule is C[C@@](C#N)(NC(=O)CSc1nnc(C23CC4CC(CC(C4)C2)C3)o1)C1CC1. The van der Waals surface area contributed by atoms with Gasteiger partial charge in [0.25, 0.3) is 5.22 Å². The normalized spacial score (nSPS) is 36.2. The molecule has 0 unspecified atom stereocenters. The fourth-order valence-corrected chi connectivity index (χ4v) is 6.75. The van der Waals surface area contributed by atoms with Crippen molar-refractivity contribution in [3.63, 3.8) is 0 Å². The molecule has 1 heterocycles. The van der Waals surface area contributed by atoms with Gasteiger partial charge in [0.2, 0.25) is 11.8 Å². The molecule has 1 aromatic rings. The number of carbonyl (C=O) groups excluding carboxylic acids is 1. The predicted octanol–water partition coefficient (Wildman–Crippen LogP) is 3.44. The molecular formula is C20H26N4O2S. The highest BCUT2D eigenvalue weighted by atomic mass is 32.2. The summed E-state index contributed by atoms with van der Waals surface area (Å²) in [6.07, 6.45) is 9.73. The van der Waals surface area contributed by atoms with E-state index in [1.54, 1.807) is 0 Å². The average molecular weight is 387 g/mol. The van der Waals surface area contributed by atoms with E-state index >= 15 is 0 Å². The van der Waals surface area contributed by atoms with Crippen molar-refractivity contribution in [2.24, 2.45) is 23.7 Å². The average Bonchev–Trinajstić information content (AvgIpc) is 3.37. The van der Waals surface area contributed by atoms with Gasteiger partial charge in [-0.2, -0.15) is 5.26 Å². The molecule has 0 saturated heterocycles. The third-order valence-electron chi connectivity index (χ3n) is 7.25. The molecule has 5 aliphatic rings. The van der Waals surface area contributed by atoms with Gasteiger partial charge in [-0.25, -0.2) is 0 Å². The lowest BCUT2D eigenvalue weighted by Crippen LogP contribution is -2.48. The lowest BCUT2D eigenvalue weighted by molar-refractivity contribution is -0.119. The molecule has 1 atom stereocenters. The lowest BCUT2D eigenvalue weighted by Gasteiger charge is -2.55. The van der Waals surface area contributed by atoms with Crippen molar-refractivity contribution in [1.82, 2.24) is 15.5 Å². The predicted molar refractivity (Wildman–Crippen MR) is 99.8 cm³/mol. The van der Waals surface area contributed by atoms with Gasteiger partial charge in [-0.3, -0.25) is 4.79 Å². The van der Waals surface area contributed by atoms with Gasteiger partial charge in [0.15, 0.2) is 0 Å². The number of aromatic nitrogens is 2. The van der Waals surface area contributed by atoms with Crippen LogP contribution in [0.1, 0.15) is 64.2 Å². The van der Waals surface area contributed by atoms with E-state index < -0.39 is 5.54 Å². The van der Waals surface area contributed by atoms with Crippen LogP contribution in [0, 0.1) is 35.0 Å². The zero-order chi connectivity index (χ0) is 18.6. The van der Waals surface area contributed by atoms with Gasteiger partial charge < -0.3 is 9.73 Å². The van der Waals surface area contributed by atoms with Crippen molar-refractivity contribution in [1.29, 1.82) is 5.26 Å². The number of carbonyl (C=O) groups is 1. The van der Waals surface area contributed by atoms with Crippen molar-refractivity contribution in [2.75, 3.05) is 5.75 Å². The first kappa shape index (κ1) is 17.5. The van der Waals surface area contributed by atoms with Crippen LogP contribution < -0.4 is 5.32 Å². The number of hydrogen-bond acceptors (Lipinski definition) is 6. The van der Waals surface area contributed by atoms with Gasteiger partial charge in [0.05, 0.1) is 11.8 Å². The lowest BCUT2D eigenvalue weighted by atomic mass is 9.49. The van der Waals surface area contributed by atoms with Crippen LogP contribution in [-0.2, 0) is 10.2 Å². The Kier molecular flexibility index (Phi) is 4.05. The number of amides is 1. The fraction of sp³-hybridized carbons (Fsp3) is 0.800. The summed E-state index contributed by atoms with van der Waals surface area (Å²) in [7, 11) is 0. The standard InChI is InChI=1S/C20H26N4O2S/c1-19(11-21,15-2-3-15)22-16(25)10-27-18-24-23-17(26-18)20-7-12-4-13(8-20)6-14(5-12)9-20/h12-15H,2-10H2,1H3,(H,22,25)/t12?,13?,14?,19-,20?/m0/s1. The second-order valence-corrected chi connectivity index (χ2v) is 10.4. The zero-order valence-electron chi connectivity index (χ0n) is 15.7. The van der Waals surface area contributed by atoms with E-state index in [4.69, 9.17) is 4.42 Å². The number of nitrogens with zero attached hydrogens (tertiary/aromatic N) is 3. The second kappa shape index (κ2) is 6.23. The maximum atomic E-state index is 12.3. The molecule has 6 rings (SSSR count). The first-order chi connectivity index (χ1) is 13.0. The van der Waals surface area contributed by atoms with Crippen LogP contribution in [0.15, 0.2) is 9.64 Å². The fourth-order valence-electron chi connectivity index (χ4n) is 6.19.